The molecule has 1 aliphatic heterocycles. The first-order chi connectivity index (χ1) is 8.78. The van der Waals surface area contributed by atoms with Gasteiger partial charge in [-0.2, -0.15) is 0 Å². The molecule has 0 aliphatic carbocycles. The highest BCUT2D eigenvalue weighted by molar-refractivity contribution is 5.58. The molecule has 5 nitrogen and oxygen atoms in total. The Bertz CT molecular complexity index is 378. The van der Waals surface area contributed by atoms with Crippen LogP contribution in [0.25, 0.3) is 0 Å². The van der Waals surface area contributed by atoms with E-state index in [2.05, 4.69) is 17.4 Å². The molecule has 2 rings (SSSR count). The summed E-state index contributed by atoms with van der Waals surface area (Å²) in [6.07, 6.45) is 0.987. The zero-order valence-corrected chi connectivity index (χ0v) is 10.8. The molecule has 0 amide bonds. The Morgan fingerprint density at radius 2 is 2.11 bits per heavy atom. The molecule has 0 bridgehead atoms. The second-order valence-corrected chi connectivity index (χ2v) is 4.35. The summed E-state index contributed by atoms with van der Waals surface area (Å²) < 4.78 is 10.9. The number of benzene rings is 1. The fourth-order valence-corrected chi connectivity index (χ4v) is 1.85. The van der Waals surface area contributed by atoms with Gasteiger partial charge in [-0.1, -0.05) is 6.92 Å². The number of anilines is 2. The highest BCUT2D eigenvalue weighted by Gasteiger charge is 2.10. The summed E-state index contributed by atoms with van der Waals surface area (Å²) in [5, 5.41) is 2.13. The standard InChI is InChI=1S/C13H21N3O2/c1-2-5-18-13-9-11(14)8-12(10-13)15-16-3-6-17-7-4-16/h8-10,15H,2-7,14H2,1H3. The summed E-state index contributed by atoms with van der Waals surface area (Å²) in [6.45, 7) is 6.06. The lowest BCUT2D eigenvalue weighted by Crippen LogP contribution is -2.40. The lowest BCUT2D eigenvalue weighted by Gasteiger charge is -2.28. The molecule has 0 radical (unpaired) electrons. The molecule has 1 saturated heterocycles. The van der Waals surface area contributed by atoms with E-state index in [-0.39, 0.29) is 0 Å². The zero-order chi connectivity index (χ0) is 12.8. The molecule has 1 aromatic rings. The second kappa shape index (κ2) is 6.47. The minimum Gasteiger partial charge on any atom is -0.493 e. The SMILES string of the molecule is CCCOc1cc(N)cc(NN2CCOCC2)c1. The van der Waals surface area contributed by atoms with Crippen molar-refractivity contribution in [1.29, 1.82) is 0 Å². The number of nitrogens with one attached hydrogen (secondary N) is 1. The average Bonchev–Trinajstić information content (AvgIpc) is 2.37. The van der Waals surface area contributed by atoms with Gasteiger partial charge in [-0.3, -0.25) is 0 Å². The molecule has 1 heterocycles. The predicted molar refractivity (Wildman–Crippen MR) is 72.7 cm³/mol. The van der Waals surface area contributed by atoms with Gasteiger partial charge in [0.15, 0.2) is 0 Å². The van der Waals surface area contributed by atoms with Crippen LogP contribution in [0.15, 0.2) is 18.2 Å². The van der Waals surface area contributed by atoms with Crippen molar-refractivity contribution in [1.82, 2.24) is 5.01 Å². The van der Waals surface area contributed by atoms with Crippen LogP contribution in [-0.4, -0.2) is 37.9 Å². The van der Waals surface area contributed by atoms with Crippen molar-refractivity contribution < 1.29 is 9.47 Å². The third kappa shape index (κ3) is 3.78. The summed E-state index contributed by atoms with van der Waals surface area (Å²) in [6, 6.07) is 5.73. The molecule has 1 fully saturated rings. The van der Waals surface area contributed by atoms with E-state index < -0.39 is 0 Å². The normalized spacial score (nSPS) is 16.5. The van der Waals surface area contributed by atoms with Crippen molar-refractivity contribution in [2.24, 2.45) is 0 Å². The molecule has 1 aromatic carbocycles. The van der Waals surface area contributed by atoms with E-state index in [1.165, 1.54) is 0 Å². The van der Waals surface area contributed by atoms with Crippen LogP contribution < -0.4 is 15.9 Å². The first kappa shape index (κ1) is 13.0. The molecule has 18 heavy (non-hydrogen) atoms. The molecule has 0 atom stereocenters. The highest BCUT2D eigenvalue weighted by Crippen LogP contribution is 2.23. The van der Waals surface area contributed by atoms with Gasteiger partial charge in [0.25, 0.3) is 0 Å². The van der Waals surface area contributed by atoms with Crippen LogP contribution in [0.4, 0.5) is 11.4 Å². The Morgan fingerprint density at radius 3 is 2.83 bits per heavy atom. The topological polar surface area (TPSA) is 59.8 Å². The Labute approximate surface area is 108 Å². The molecule has 0 spiro atoms. The van der Waals surface area contributed by atoms with Crippen molar-refractivity contribution in [3.05, 3.63) is 18.2 Å². The Morgan fingerprint density at radius 1 is 1.33 bits per heavy atom. The van der Waals surface area contributed by atoms with Crippen LogP contribution in [0.5, 0.6) is 5.75 Å². The number of nitrogens with zero attached hydrogens (tertiary/aromatic N) is 1. The van der Waals surface area contributed by atoms with Gasteiger partial charge in [0.05, 0.1) is 25.5 Å². The molecule has 0 saturated carbocycles. The lowest BCUT2D eigenvalue weighted by atomic mass is 10.2. The van der Waals surface area contributed by atoms with Gasteiger partial charge < -0.3 is 20.6 Å². The molecule has 1 aliphatic rings. The third-order valence-corrected chi connectivity index (χ3v) is 2.70. The lowest BCUT2D eigenvalue weighted by molar-refractivity contribution is 0.0497. The molecule has 3 N–H and O–H groups in total. The fourth-order valence-electron chi connectivity index (χ4n) is 1.85. The summed E-state index contributed by atoms with van der Waals surface area (Å²) in [4.78, 5) is 0. The molecular formula is C13H21N3O2. The van der Waals surface area contributed by atoms with E-state index in [9.17, 15) is 0 Å². The highest BCUT2D eigenvalue weighted by atomic mass is 16.5. The van der Waals surface area contributed by atoms with Crippen molar-refractivity contribution in [3.63, 3.8) is 0 Å². The van der Waals surface area contributed by atoms with Crippen LogP contribution >= 0.6 is 0 Å². The number of rotatable bonds is 5. The van der Waals surface area contributed by atoms with Gasteiger partial charge in [-0.15, -0.1) is 0 Å². The van der Waals surface area contributed by atoms with Gasteiger partial charge in [-0.05, 0) is 12.5 Å². The van der Waals surface area contributed by atoms with E-state index in [4.69, 9.17) is 15.2 Å². The Hall–Kier alpha value is -1.46. The van der Waals surface area contributed by atoms with Gasteiger partial charge in [-0.25, -0.2) is 5.01 Å². The summed E-state index contributed by atoms with van der Waals surface area (Å²) in [5.74, 6) is 0.813. The zero-order valence-electron chi connectivity index (χ0n) is 10.8. The van der Waals surface area contributed by atoms with E-state index in [0.29, 0.717) is 12.3 Å². The van der Waals surface area contributed by atoms with Gasteiger partial charge >= 0.3 is 0 Å². The molecule has 0 aromatic heterocycles. The first-order valence-corrected chi connectivity index (χ1v) is 6.40. The fraction of sp³-hybridized carbons (Fsp3) is 0.538. The van der Waals surface area contributed by atoms with E-state index in [1.54, 1.807) is 0 Å². The Kier molecular flexibility index (Phi) is 4.66. The maximum Gasteiger partial charge on any atom is 0.123 e. The van der Waals surface area contributed by atoms with Crippen molar-refractivity contribution in [3.8, 4) is 5.75 Å². The summed E-state index contributed by atoms with van der Waals surface area (Å²) >= 11 is 0. The first-order valence-electron chi connectivity index (χ1n) is 6.40. The van der Waals surface area contributed by atoms with Gasteiger partial charge in [0.2, 0.25) is 0 Å². The maximum absolute atomic E-state index is 5.87. The number of hydrogen-bond acceptors (Lipinski definition) is 5. The van der Waals surface area contributed by atoms with Crippen molar-refractivity contribution >= 4 is 11.4 Å². The minimum atomic E-state index is 0.708. The number of morpholine rings is 1. The van der Waals surface area contributed by atoms with Gasteiger partial charge in [0, 0.05) is 30.9 Å². The maximum atomic E-state index is 5.87. The molecular weight excluding hydrogens is 230 g/mol. The van der Waals surface area contributed by atoms with Gasteiger partial charge in [0.1, 0.15) is 5.75 Å². The van der Waals surface area contributed by atoms with Crippen LogP contribution in [0, 0.1) is 0 Å². The largest absolute Gasteiger partial charge is 0.493 e. The average molecular weight is 251 g/mol. The second-order valence-electron chi connectivity index (χ2n) is 4.35. The number of nitrogens with two attached hydrogens (primary N) is 1. The van der Waals surface area contributed by atoms with E-state index >= 15 is 0 Å². The molecule has 0 unspecified atom stereocenters. The summed E-state index contributed by atoms with van der Waals surface area (Å²) in [7, 11) is 0. The number of ether oxygens (including phenoxy) is 2. The van der Waals surface area contributed by atoms with Crippen molar-refractivity contribution in [2.45, 2.75) is 13.3 Å². The number of hydrogen-bond donors (Lipinski definition) is 2. The Balaban J connectivity index is 1.99. The molecule has 100 valence electrons. The summed E-state index contributed by atoms with van der Waals surface area (Å²) in [5.41, 5.74) is 10.9. The van der Waals surface area contributed by atoms with Crippen LogP contribution in [0.2, 0.25) is 0 Å². The van der Waals surface area contributed by atoms with E-state index in [1.807, 2.05) is 18.2 Å². The quantitative estimate of drug-likeness (QED) is 0.780. The van der Waals surface area contributed by atoms with Crippen LogP contribution in [0.1, 0.15) is 13.3 Å². The number of nitrogen functional groups attached to an aromatic ring is 1. The van der Waals surface area contributed by atoms with Crippen LogP contribution in [0.3, 0.4) is 0 Å². The monoisotopic (exact) mass is 251 g/mol. The van der Waals surface area contributed by atoms with Crippen LogP contribution in [-0.2, 0) is 4.74 Å². The van der Waals surface area contributed by atoms with E-state index in [0.717, 1.165) is 44.2 Å². The third-order valence-electron chi connectivity index (χ3n) is 2.70. The van der Waals surface area contributed by atoms with Crippen molar-refractivity contribution in [2.75, 3.05) is 44.1 Å². The number of hydrazine groups is 1. The minimum absolute atomic E-state index is 0.708. The smallest absolute Gasteiger partial charge is 0.123 e. The molecule has 5 heteroatoms. The predicted octanol–water partition coefficient (Wildman–Crippen LogP) is 1.72.